The first-order chi connectivity index (χ1) is 10.6. The second-order valence-corrected chi connectivity index (χ2v) is 7.07. The van der Waals surface area contributed by atoms with Gasteiger partial charge in [-0.2, -0.15) is 0 Å². The van der Waals surface area contributed by atoms with Crippen molar-refractivity contribution in [2.75, 3.05) is 12.3 Å². The van der Waals surface area contributed by atoms with Gasteiger partial charge in [0.15, 0.2) is 0 Å². The number of sulfonamides is 1. The Morgan fingerprint density at radius 1 is 0.909 bits per heavy atom. The average Bonchev–Trinajstić information content (AvgIpc) is 2.50. The summed E-state index contributed by atoms with van der Waals surface area (Å²) >= 11 is 0. The van der Waals surface area contributed by atoms with Crippen LogP contribution in [0.25, 0.3) is 0 Å². The van der Waals surface area contributed by atoms with Crippen molar-refractivity contribution in [1.82, 2.24) is 4.72 Å². The zero-order chi connectivity index (χ0) is 15.8. The van der Waals surface area contributed by atoms with E-state index in [0.29, 0.717) is 18.4 Å². The van der Waals surface area contributed by atoms with Gasteiger partial charge < -0.3 is 0 Å². The monoisotopic (exact) mass is 321 g/mol. The summed E-state index contributed by atoms with van der Waals surface area (Å²) in [6.45, 7) is 0.217. The minimum absolute atomic E-state index is 0.0825. The lowest BCUT2D eigenvalue weighted by Crippen LogP contribution is -2.28. The van der Waals surface area contributed by atoms with Crippen molar-refractivity contribution in [2.45, 2.75) is 19.3 Å². The lowest BCUT2D eigenvalue weighted by Gasteiger charge is -2.07. The Morgan fingerprint density at radius 3 is 2.32 bits per heavy atom. The fraction of sp³-hybridized carbons (Fsp3) is 0.294. The predicted octanol–water partition coefficient (Wildman–Crippen LogP) is 2.92. The molecular formula is C17H20FNO2S. The van der Waals surface area contributed by atoms with Gasteiger partial charge in [0.25, 0.3) is 0 Å². The molecule has 2 rings (SSSR count). The van der Waals surface area contributed by atoms with Crippen LogP contribution in [-0.2, 0) is 22.9 Å². The average molecular weight is 321 g/mol. The third kappa shape index (κ3) is 5.58. The van der Waals surface area contributed by atoms with Crippen LogP contribution < -0.4 is 4.72 Å². The van der Waals surface area contributed by atoms with E-state index in [1.165, 1.54) is 6.07 Å². The summed E-state index contributed by atoms with van der Waals surface area (Å²) in [4.78, 5) is 0. The van der Waals surface area contributed by atoms with Gasteiger partial charge >= 0.3 is 0 Å². The largest absolute Gasteiger partial charge is 0.215 e. The molecule has 0 unspecified atom stereocenters. The van der Waals surface area contributed by atoms with Crippen molar-refractivity contribution < 1.29 is 12.8 Å². The molecule has 0 saturated heterocycles. The number of nitrogens with one attached hydrogen (secondary N) is 1. The van der Waals surface area contributed by atoms with E-state index in [0.717, 1.165) is 12.0 Å². The van der Waals surface area contributed by atoms with Gasteiger partial charge in [0.2, 0.25) is 10.0 Å². The standard InChI is InChI=1S/C17H20FNO2S/c18-17-11-5-4-10-16(17)12-13-19-22(20,21)14-6-9-15-7-2-1-3-8-15/h1-5,7-8,10-11,19H,6,9,12-14H2. The van der Waals surface area contributed by atoms with E-state index in [1.54, 1.807) is 18.2 Å². The van der Waals surface area contributed by atoms with Crippen LogP contribution in [0.1, 0.15) is 17.5 Å². The third-order valence-electron chi connectivity index (χ3n) is 3.40. The van der Waals surface area contributed by atoms with E-state index in [1.807, 2.05) is 30.3 Å². The Morgan fingerprint density at radius 2 is 1.59 bits per heavy atom. The van der Waals surface area contributed by atoms with Gasteiger partial charge in [-0.05, 0) is 36.5 Å². The first kappa shape index (κ1) is 16.6. The normalized spacial score (nSPS) is 11.5. The molecule has 0 radical (unpaired) electrons. The summed E-state index contributed by atoms with van der Waals surface area (Å²) in [6.07, 6.45) is 1.65. The highest BCUT2D eigenvalue weighted by atomic mass is 32.2. The molecule has 3 nitrogen and oxygen atoms in total. The lowest BCUT2D eigenvalue weighted by molar-refractivity contribution is 0.575. The van der Waals surface area contributed by atoms with E-state index in [-0.39, 0.29) is 18.1 Å². The highest BCUT2D eigenvalue weighted by molar-refractivity contribution is 7.89. The molecule has 5 heteroatoms. The minimum Gasteiger partial charge on any atom is -0.215 e. The number of aryl methyl sites for hydroxylation is 1. The van der Waals surface area contributed by atoms with Gasteiger partial charge in [0.05, 0.1) is 5.75 Å². The Labute approximate surface area is 131 Å². The van der Waals surface area contributed by atoms with E-state index in [2.05, 4.69) is 4.72 Å². The van der Waals surface area contributed by atoms with Crippen molar-refractivity contribution in [3.05, 3.63) is 71.5 Å². The molecule has 0 atom stereocenters. The molecule has 0 aromatic heterocycles. The van der Waals surface area contributed by atoms with Crippen molar-refractivity contribution in [3.8, 4) is 0 Å². The van der Waals surface area contributed by atoms with E-state index in [4.69, 9.17) is 0 Å². The topological polar surface area (TPSA) is 46.2 Å². The minimum atomic E-state index is -3.31. The summed E-state index contributed by atoms with van der Waals surface area (Å²) in [5, 5.41) is 0. The molecule has 0 aliphatic rings. The molecule has 2 aromatic carbocycles. The van der Waals surface area contributed by atoms with Gasteiger partial charge in [-0.15, -0.1) is 0 Å². The molecule has 0 saturated carbocycles. The molecule has 2 aromatic rings. The maximum Gasteiger partial charge on any atom is 0.211 e. The number of hydrogen-bond acceptors (Lipinski definition) is 2. The fourth-order valence-corrected chi connectivity index (χ4v) is 3.31. The molecule has 0 aliphatic heterocycles. The van der Waals surface area contributed by atoms with E-state index < -0.39 is 10.0 Å². The first-order valence-corrected chi connectivity index (χ1v) is 8.97. The van der Waals surface area contributed by atoms with E-state index >= 15 is 0 Å². The first-order valence-electron chi connectivity index (χ1n) is 7.31. The molecule has 0 spiro atoms. The summed E-state index contributed by atoms with van der Waals surface area (Å²) in [5.41, 5.74) is 1.65. The van der Waals surface area contributed by atoms with Crippen LogP contribution in [0.5, 0.6) is 0 Å². The quantitative estimate of drug-likeness (QED) is 0.812. The highest BCUT2D eigenvalue weighted by Crippen LogP contribution is 2.07. The van der Waals surface area contributed by atoms with Crippen molar-refractivity contribution in [1.29, 1.82) is 0 Å². The Hall–Kier alpha value is -1.72. The zero-order valence-electron chi connectivity index (χ0n) is 12.3. The highest BCUT2D eigenvalue weighted by Gasteiger charge is 2.10. The van der Waals surface area contributed by atoms with Gasteiger partial charge in [-0.1, -0.05) is 48.5 Å². The third-order valence-corrected chi connectivity index (χ3v) is 4.87. The zero-order valence-corrected chi connectivity index (χ0v) is 13.2. The molecule has 0 fully saturated rings. The molecule has 0 bridgehead atoms. The second kappa shape index (κ2) is 8.06. The lowest BCUT2D eigenvalue weighted by atomic mass is 10.1. The van der Waals surface area contributed by atoms with Crippen molar-refractivity contribution >= 4 is 10.0 Å². The van der Waals surface area contributed by atoms with Crippen LogP contribution in [0.4, 0.5) is 4.39 Å². The molecular weight excluding hydrogens is 301 g/mol. The Kier molecular flexibility index (Phi) is 6.10. The fourth-order valence-electron chi connectivity index (χ4n) is 2.23. The Bertz CT molecular complexity index is 687. The smallest absolute Gasteiger partial charge is 0.211 e. The summed E-state index contributed by atoms with van der Waals surface area (Å²) in [6, 6.07) is 16.2. The predicted molar refractivity (Wildman–Crippen MR) is 86.7 cm³/mol. The van der Waals surface area contributed by atoms with Gasteiger partial charge in [-0.25, -0.2) is 17.5 Å². The van der Waals surface area contributed by atoms with Crippen LogP contribution in [0.2, 0.25) is 0 Å². The molecule has 22 heavy (non-hydrogen) atoms. The van der Waals surface area contributed by atoms with Gasteiger partial charge in [0, 0.05) is 6.54 Å². The summed E-state index contributed by atoms with van der Waals surface area (Å²) < 4.78 is 39.7. The van der Waals surface area contributed by atoms with Crippen molar-refractivity contribution in [2.24, 2.45) is 0 Å². The number of halogens is 1. The number of benzene rings is 2. The van der Waals surface area contributed by atoms with Crippen molar-refractivity contribution in [3.63, 3.8) is 0 Å². The maximum atomic E-state index is 13.4. The molecule has 0 heterocycles. The van der Waals surface area contributed by atoms with Crippen LogP contribution in [0, 0.1) is 5.82 Å². The van der Waals surface area contributed by atoms with E-state index in [9.17, 15) is 12.8 Å². The molecule has 0 aliphatic carbocycles. The van der Waals surface area contributed by atoms with Crippen LogP contribution in [-0.4, -0.2) is 20.7 Å². The number of hydrogen-bond donors (Lipinski definition) is 1. The maximum absolute atomic E-state index is 13.4. The molecule has 1 N–H and O–H groups in total. The van der Waals surface area contributed by atoms with Gasteiger partial charge in [-0.3, -0.25) is 0 Å². The Balaban J connectivity index is 1.73. The van der Waals surface area contributed by atoms with Gasteiger partial charge in [0.1, 0.15) is 5.82 Å². The molecule has 0 amide bonds. The number of rotatable bonds is 8. The van der Waals surface area contributed by atoms with Crippen LogP contribution >= 0.6 is 0 Å². The second-order valence-electron chi connectivity index (χ2n) is 5.14. The summed E-state index contributed by atoms with van der Waals surface area (Å²) in [7, 11) is -3.31. The van der Waals surface area contributed by atoms with Crippen LogP contribution in [0.15, 0.2) is 54.6 Å². The molecule has 118 valence electrons. The SMILES string of the molecule is O=S(=O)(CCCc1ccccc1)NCCc1ccccc1F. The summed E-state index contributed by atoms with van der Waals surface area (Å²) in [5.74, 6) is -0.218. The van der Waals surface area contributed by atoms with Crippen LogP contribution in [0.3, 0.4) is 0 Å².